The molecule has 1 aliphatic heterocycles. The first kappa shape index (κ1) is 33.8. The smallest absolute Gasteiger partial charge is 0.475 e. The second-order valence-corrected chi connectivity index (χ2v) is 13.2. The summed E-state index contributed by atoms with van der Waals surface area (Å²) < 4.78 is 6.24. The van der Waals surface area contributed by atoms with Crippen molar-refractivity contribution in [3.05, 3.63) is 123 Å². The third-order valence-electron chi connectivity index (χ3n) is 8.08. The van der Waals surface area contributed by atoms with Crippen molar-refractivity contribution in [1.82, 2.24) is 0 Å². The first-order valence-corrected chi connectivity index (χ1v) is 15.9. The minimum absolute atomic E-state index is 0. The zero-order valence-corrected chi connectivity index (χ0v) is 27.5. The topological polar surface area (TPSA) is 21.6 Å². The Morgan fingerprint density at radius 2 is 1.26 bits per heavy atom. The Bertz CT molecular complexity index is 1470. The van der Waals surface area contributed by atoms with Crippen molar-refractivity contribution in [2.75, 3.05) is 6.61 Å². The predicted molar refractivity (Wildman–Crippen MR) is 183 cm³/mol. The number of rotatable bonds is 5. The van der Waals surface area contributed by atoms with Crippen LogP contribution in [0.5, 0.6) is 0 Å². The molecule has 42 heavy (non-hydrogen) atoms. The van der Waals surface area contributed by atoms with Crippen LogP contribution in [0.2, 0.25) is 0 Å². The average molecular weight is 618 g/mol. The molecule has 0 radical (unpaired) electrons. The molecule has 0 N–H and O–H groups in total. The largest absolute Gasteiger partial charge is 2.00 e. The molecule has 0 spiro atoms. The van der Waals surface area contributed by atoms with E-state index in [0.717, 1.165) is 18.7 Å². The van der Waals surface area contributed by atoms with Gasteiger partial charge in [0.15, 0.2) is 0 Å². The summed E-state index contributed by atoms with van der Waals surface area (Å²) in [6.45, 7) is 5.19. The Balaban J connectivity index is 0.000000551. The SMILES string of the molecule is C1=CCCC1.CC(C)[C@H]1COC(C2=C(P(c3cccc4ccccc34)c3cccc4ccccc34)CCC2)=N1.[CH3-].[CH3-].[Fe+2]. The Labute approximate surface area is 265 Å². The van der Waals surface area contributed by atoms with Crippen LogP contribution < -0.4 is 10.6 Å². The quantitative estimate of drug-likeness (QED) is 0.0946. The van der Waals surface area contributed by atoms with Crippen LogP contribution in [-0.4, -0.2) is 18.5 Å². The van der Waals surface area contributed by atoms with E-state index in [1.54, 1.807) is 5.31 Å². The zero-order valence-electron chi connectivity index (χ0n) is 25.5. The average Bonchev–Trinajstić information content (AvgIpc) is 3.77. The maximum Gasteiger partial charge on any atom is 2.00 e. The van der Waals surface area contributed by atoms with Gasteiger partial charge < -0.3 is 19.6 Å². The van der Waals surface area contributed by atoms with Crippen molar-refractivity contribution in [3.8, 4) is 0 Å². The number of allylic oxidation sites excluding steroid dienone is 3. The molecular weight excluding hydrogens is 573 g/mol. The molecule has 0 saturated heterocycles. The third-order valence-corrected chi connectivity index (χ3v) is 10.9. The fourth-order valence-electron chi connectivity index (χ4n) is 5.92. The summed E-state index contributed by atoms with van der Waals surface area (Å²) in [6, 6.07) is 31.6. The number of fused-ring (bicyclic) bond motifs is 2. The molecule has 1 atom stereocenters. The van der Waals surface area contributed by atoms with Crippen LogP contribution in [0.25, 0.3) is 21.5 Å². The number of aliphatic imine (C=N–C) groups is 1. The molecule has 2 nitrogen and oxygen atoms in total. The van der Waals surface area contributed by atoms with Gasteiger partial charge in [-0.15, -0.1) is 0 Å². The molecular formula is C38H44FeNOP. The minimum Gasteiger partial charge on any atom is -0.475 e. The van der Waals surface area contributed by atoms with E-state index >= 15 is 0 Å². The molecule has 4 heteroatoms. The van der Waals surface area contributed by atoms with Gasteiger partial charge in [0.1, 0.15) is 6.61 Å². The monoisotopic (exact) mass is 617 g/mol. The van der Waals surface area contributed by atoms with E-state index in [1.807, 2.05) is 0 Å². The molecule has 0 aromatic heterocycles. The van der Waals surface area contributed by atoms with E-state index in [9.17, 15) is 0 Å². The molecule has 4 aromatic rings. The van der Waals surface area contributed by atoms with Crippen molar-refractivity contribution < 1.29 is 21.8 Å². The fourth-order valence-corrected chi connectivity index (χ4v) is 8.98. The number of hydrogen-bond acceptors (Lipinski definition) is 2. The van der Waals surface area contributed by atoms with Crippen molar-refractivity contribution in [3.63, 3.8) is 0 Å². The van der Waals surface area contributed by atoms with Gasteiger partial charge in [-0.25, -0.2) is 4.99 Å². The number of hydrogen-bond donors (Lipinski definition) is 0. The minimum atomic E-state index is -0.718. The summed E-state index contributed by atoms with van der Waals surface area (Å²) in [7, 11) is -0.718. The van der Waals surface area contributed by atoms with Gasteiger partial charge >= 0.3 is 17.1 Å². The summed E-state index contributed by atoms with van der Waals surface area (Å²) in [4.78, 5) is 5.06. The van der Waals surface area contributed by atoms with Crippen LogP contribution in [0.15, 0.2) is 113 Å². The fraction of sp³-hybridized carbons (Fsp3) is 0.289. The maximum atomic E-state index is 6.24. The van der Waals surface area contributed by atoms with Crippen LogP contribution in [0.1, 0.15) is 52.4 Å². The molecule has 4 aromatic carbocycles. The molecule has 2 aliphatic carbocycles. The molecule has 0 bridgehead atoms. The van der Waals surface area contributed by atoms with E-state index < -0.39 is 7.92 Å². The van der Waals surface area contributed by atoms with Crippen molar-refractivity contribution in [1.29, 1.82) is 0 Å². The number of nitrogens with zero attached hydrogens (tertiary/aromatic N) is 1. The van der Waals surface area contributed by atoms with Gasteiger partial charge in [-0.05, 0) is 89.8 Å². The molecule has 0 fully saturated rings. The standard InChI is InChI=1S/C31H30NOP.C5H8.2CH3.Fe/c1-21(2)27-20-33-31(32-27)26-16-9-19-30(26)34(28-17-7-12-22-10-3-5-14-24(22)28)29-18-8-13-23-11-4-6-15-25(23)29;1-2-4-5-3-1;;;/h3-8,10-15,17-18,21,27H,9,16,19-20H2,1-2H3;1-2H,3-5H2;2*1H3;/q;;2*-1;+2/t27-;;;;/m1..../s1. The van der Waals surface area contributed by atoms with Crippen LogP contribution in [0.3, 0.4) is 0 Å². The van der Waals surface area contributed by atoms with Crippen LogP contribution >= 0.6 is 7.92 Å². The van der Waals surface area contributed by atoms with Gasteiger partial charge in [0.05, 0.1) is 6.04 Å². The third kappa shape index (κ3) is 7.08. The first-order chi connectivity index (χ1) is 19.2. The van der Waals surface area contributed by atoms with Gasteiger partial charge in [-0.2, -0.15) is 0 Å². The molecule has 0 unspecified atom stereocenters. The van der Waals surface area contributed by atoms with E-state index in [2.05, 4.69) is 111 Å². The van der Waals surface area contributed by atoms with Crippen molar-refractivity contribution in [2.24, 2.45) is 10.9 Å². The second-order valence-electron chi connectivity index (χ2n) is 11.1. The molecule has 7 rings (SSSR count). The van der Waals surface area contributed by atoms with Gasteiger partial charge in [0, 0.05) is 5.57 Å². The van der Waals surface area contributed by atoms with Crippen molar-refractivity contribution >= 4 is 46.0 Å². The first-order valence-electron chi connectivity index (χ1n) is 14.5. The molecule has 0 amide bonds. The van der Waals surface area contributed by atoms with Crippen LogP contribution in [-0.2, 0) is 21.8 Å². The molecule has 220 valence electrons. The summed E-state index contributed by atoms with van der Waals surface area (Å²) >= 11 is 0. The summed E-state index contributed by atoms with van der Waals surface area (Å²) in [5, 5.41) is 9.76. The molecule has 3 aliphatic rings. The Kier molecular flexibility index (Phi) is 12.6. The number of benzene rings is 4. The van der Waals surface area contributed by atoms with Gasteiger partial charge in [0.2, 0.25) is 5.90 Å². The van der Waals surface area contributed by atoms with Gasteiger partial charge in [-0.3, -0.25) is 0 Å². The van der Waals surface area contributed by atoms with Gasteiger partial charge in [0.25, 0.3) is 0 Å². The van der Waals surface area contributed by atoms with Crippen LogP contribution in [0.4, 0.5) is 0 Å². The second kappa shape index (κ2) is 15.7. The maximum absolute atomic E-state index is 6.24. The normalized spacial score (nSPS) is 17.3. The summed E-state index contributed by atoms with van der Waals surface area (Å²) in [5.41, 5.74) is 1.37. The Morgan fingerprint density at radius 1 is 0.714 bits per heavy atom. The van der Waals surface area contributed by atoms with E-state index in [0.29, 0.717) is 12.5 Å². The number of ether oxygens (including phenoxy) is 1. The van der Waals surface area contributed by atoms with E-state index in [4.69, 9.17) is 9.73 Å². The molecule has 1 heterocycles. The summed E-state index contributed by atoms with van der Waals surface area (Å²) in [5.74, 6) is 1.42. The Hall–Kier alpha value is -2.70. The Morgan fingerprint density at radius 3 is 1.76 bits per heavy atom. The zero-order chi connectivity index (χ0) is 26.6. The van der Waals surface area contributed by atoms with E-state index in [1.165, 1.54) is 63.4 Å². The van der Waals surface area contributed by atoms with Crippen molar-refractivity contribution in [2.45, 2.75) is 58.4 Å². The molecule has 0 saturated carbocycles. The van der Waals surface area contributed by atoms with Gasteiger partial charge in [-0.1, -0.05) is 111 Å². The van der Waals surface area contributed by atoms with E-state index in [-0.39, 0.29) is 38.0 Å². The van der Waals surface area contributed by atoms with Crippen LogP contribution in [0, 0.1) is 20.8 Å². The predicted octanol–water partition coefficient (Wildman–Crippen LogP) is 9.94. The summed E-state index contributed by atoms with van der Waals surface area (Å²) in [6.07, 6.45) is 11.9.